The molecule has 1 unspecified atom stereocenters. The smallest absolute Gasteiger partial charge is 0.475 e. The molecule has 1 amide bonds. The maximum atomic E-state index is 13.1. The molecule has 31 heavy (non-hydrogen) atoms. The Labute approximate surface area is 173 Å². The highest BCUT2D eigenvalue weighted by Crippen LogP contribution is 2.25. The summed E-state index contributed by atoms with van der Waals surface area (Å²) in [6.07, 6.45) is -1.94. The van der Waals surface area contributed by atoms with Crippen LogP contribution in [0.3, 0.4) is 0 Å². The van der Waals surface area contributed by atoms with Crippen LogP contribution in [0.15, 0.2) is 47.4 Å². The molecule has 1 aromatic carbocycles. The molecule has 0 aliphatic carbocycles. The van der Waals surface area contributed by atoms with E-state index in [1.165, 1.54) is 4.57 Å². The van der Waals surface area contributed by atoms with Gasteiger partial charge in [0.1, 0.15) is 5.82 Å². The molecule has 0 saturated carbocycles. The molecule has 2 N–H and O–H groups in total. The number of amides is 1. The maximum Gasteiger partial charge on any atom is 0.490 e. The molecule has 1 aliphatic heterocycles. The number of carboxylic acids is 1. The molecule has 1 atom stereocenters. The molecule has 3 aromatic rings. The number of nitrogens with one attached hydrogen (secondary N) is 1. The van der Waals surface area contributed by atoms with E-state index in [1.807, 2.05) is 19.1 Å². The summed E-state index contributed by atoms with van der Waals surface area (Å²) in [5.41, 5.74) is 0.813. The Morgan fingerprint density at radius 1 is 1.19 bits per heavy atom. The molecule has 0 radical (unpaired) electrons. The number of rotatable bonds is 2. The molecule has 4 rings (SSSR count). The summed E-state index contributed by atoms with van der Waals surface area (Å²) in [4.78, 5) is 43.5. The van der Waals surface area contributed by atoms with Crippen LogP contribution < -0.4 is 10.9 Å². The molecule has 0 bridgehead atoms. The molecule has 162 valence electrons. The molecule has 2 aromatic heterocycles. The number of carboxylic acid groups (broad SMARTS) is 1. The summed E-state index contributed by atoms with van der Waals surface area (Å²) >= 11 is 0. The van der Waals surface area contributed by atoms with E-state index in [-0.39, 0.29) is 17.5 Å². The van der Waals surface area contributed by atoms with Gasteiger partial charge in [-0.15, -0.1) is 0 Å². The minimum Gasteiger partial charge on any atom is -0.475 e. The normalized spacial score (nSPS) is 15.1. The number of alkyl halides is 3. The second-order valence-corrected chi connectivity index (χ2v) is 6.62. The number of pyridine rings is 1. The molecule has 8 nitrogen and oxygen atoms in total. The van der Waals surface area contributed by atoms with Crippen LogP contribution in [-0.2, 0) is 4.79 Å². The van der Waals surface area contributed by atoms with Crippen molar-refractivity contribution in [3.8, 4) is 5.82 Å². The van der Waals surface area contributed by atoms with Gasteiger partial charge in [-0.25, -0.2) is 19.3 Å². The van der Waals surface area contributed by atoms with Crippen molar-refractivity contribution in [1.29, 1.82) is 0 Å². The third kappa shape index (κ3) is 4.39. The number of hydrogen-bond acceptors (Lipinski definition) is 5. The zero-order valence-corrected chi connectivity index (χ0v) is 16.2. The quantitative estimate of drug-likeness (QED) is 0.641. The Kier molecular flexibility index (Phi) is 6.04. The second kappa shape index (κ2) is 8.54. The van der Waals surface area contributed by atoms with Crippen molar-refractivity contribution in [2.45, 2.75) is 32.0 Å². The fourth-order valence-electron chi connectivity index (χ4n) is 3.13. The number of halogens is 3. The van der Waals surface area contributed by atoms with E-state index in [9.17, 15) is 22.8 Å². The molecule has 1 aliphatic rings. The Hall–Kier alpha value is -3.76. The first-order valence-electron chi connectivity index (χ1n) is 9.23. The predicted molar refractivity (Wildman–Crippen MR) is 104 cm³/mol. The van der Waals surface area contributed by atoms with Gasteiger partial charge in [0.2, 0.25) is 0 Å². The summed E-state index contributed by atoms with van der Waals surface area (Å²) in [5.74, 6) is -2.11. The highest BCUT2D eigenvalue weighted by Gasteiger charge is 2.38. The van der Waals surface area contributed by atoms with Crippen LogP contribution in [0.2, 0.25) is 0 Å². The van der Waals surface area contributed by atoms with Crippen LogP contribution in [0, 0.1) is 0 Å². The SMILES string of the molecule is CCCC1NC(=O)c2cccnc2-n2c1nc1ccccc1c2=O.O=C(O)C(F)(F)F. The number of aromatic nitrogens is 3. The van der Waals surface area contributed by atoms with Crippen LogP contribution in [0.5, 0.6) is 0 Å². The van der Waals surface area contributed by atoms with Gasteiger partial charge in [-0.1, -0.05) is 25.5 Å². The van der Waals surface area contributed by atoms with Crippen LogP contribution in [0.1, 0.15) is 42.0 Å². The van der Waals surface area contributed by atoms with Crippen LogP contribution >= 0.6 is 0 Å². The van der Waals surface area contributed by atoms with E-state index in [1.54, 1.807) is 30.5 Å². The number of fused-ring (bicyclic) bond motifs is 4. The van der Waals surface area contributed by atoms with Crippen LogP contribution in [0.25, 0.3) is 16.7 Å². The van der Waals surface area contributed by atoms with E-state index in [4.69, 9.17) is 9.90 Å². The number of benzene rings is 1. The summed E-state index contributed by atoms with van der Waals surface area (Å²) < 4.78 is 33.2. The first-order valence-corrected chi connectivity index (χ1v) is 9.23. The summed E-state index contributed by atoms with van der Waals surface area (Å²) in [6, 6.07) is 10.3. The third-order valence-electron chi connectivity index (χ3n) is 4.48. The third-order valence-corrected chi connectivity index (χ3v) is 4.48. The lowest BCUT2D eigenvalue weighted by atomic mass is 10.1. The second-order valence-electron chi connectivity index (χ2n) is 6.62. The molecule has 11 heteroatoms. The number of nitrogens with zero attached hydrogens (tertiary/aromatic N) is 3. The van der Waals surface area contributed by atoms with Crippen molar-refractivity contribution >= 4 is 22.8 Å². The number of carbonyl (C=O) groups is 2. The zero-order valence-electron chi connectivity index (χ0n) is 16.2. The monoisotopic (exact) mass is 434 g/mol. The molecule has 3 heterocycles. The Balaban J connectivity index is 0.000000339. The summed E-state index contributed by atoms with van der Waals surface area (Å²) in [5, 5.41) is 10.6. The van der Waals surface area contributed by atoms with Crippen molar-refractivity contribution in [2.75, 3.05) is 0 Å². The van der Waals surface area contributed by atoms with E-state index in [0.29, 0.717) is 34.5 Å². The topological polar surface area (TPSA) is 114 Å². The number of carbonyl (C=O) groups excluding carboxylic acids is 1. The fourth-order valence-corrected chi connectivity index (χ4v) is 3.13. The average molecular weight is 434 g/mol. The molecular formula is C20H17F3N4O4. The zero-order chi connectivity index (χ0) is 22.8. The Morgan fingerprint density at radius 3 is 2.52 bits per heavy atom. The van der Waals surface area contributed by atoms with Crippen molar-refractivity contribution in [1.82, 2.24) is 19.9 Å². The number of hydrogen-bond donors (Lipinski definition) is 2. The van der Waals surface area contributed by atoms with Gasteiger partial charge in [-0.3, -0.25) is 9.59 Å². The van der Waals surface area contributed by atoms with E-state index in [2.05, 4.69) is 15.3 Å². The minimum atomic E-state index is -5.08. The lowest BCUT2D eigenvalue weighted by Crippen LogP contribution is -2.30. The van der Waals surface area contributed by atoms with Gasteiger partial charge in [0, 0.05) is 6.20 Å². The lowest BCUT2D eigenvalue weighted by Gasteiger charge is -2.18. The molecule has 0 saturated heterocycles. The van der Waals surface area contributed by atoms with Gasteiger partial charge in [0.25, 0.3) is 11.5 Å². The van der Waals surface area contributed by atoms with Crippen molar-refractivity contribution < 1.29 is 27.9 Å². The van der Waals surface area contributed by atoms with Crippen molar-refractivity contribution in [3.63, 3.8) is 0 Å². The van der Waals surface area contributed by atoms with E-state index in [0.717, 1.165) is 6.42 Å². The highest BCUT2D eigenvalue weighted by molar-refractivity contribution is 5.98. The van der Waals surface area contributed by atoms with E-state index >= 15 is 0 Å². The Morgan fingerprint density at radius 2 is 1.87 bits per heavy atom. The standard InChI is InChI=1S/C18H16N4O2.C2HF3O2/c1-2-6-14-16-20-13-9-4-3-7-11(13)18(24)22(16)15-12(17(23)21-14)8-5-10-19-15;3-2(4,5)1(6)7/h3-5,7-10,14H,2,6H2,1H3,(H,21,23);(H,6,7). The highest BCUT2D eigenvalue weighted by atomic mass is 19.4. The van der Waals surface area contributed by atoms with Gasteiger partial charge < -0.3 is 10.4 Å². The number of aliphatic carboxylic acids is 1. The van der Waals surface area contributed by atoms with Crippen molar-refractivity contribution in [2.24, 2.45) is 0 Å². The fraction of sp³-hybridized carbons (Fsp3) is 0.250. The van der Waals surface area contributed by atoms with Gasteiger partial charge in [-0.05, 0) is 30.7 Å². The van der Waals surface area contributed by atoms with Gasteiger partial charge >= 0.3 is 12.1 Å². The molecule has 0 spiro atoms. The summed E-state index contributed by atoms with van der Waals surface area (Å²) in [7, 11) is 0. The first kappa shape index (κ1) is 21.9. The minimum absolute atomic E-state index is 0.201. The maximum absolute atomic E-state index is 13.1. The lowest BCUT2D eigenvalue weighted by molar-refractivity contribution is -0.192. The van der Waals surface area contributed by atoms with Gasteiger partial charge in [-0.2, -0.15) is 13.2 Å². The molecular weight excluding hydrogens is 417 g/mol. The summed E-state index contributed by atoms with van der Waals surface area (Å²) in [6.45, 7) is 2.03. The largest absolute Gasteiger partial charge is 0.490 e. The van der Waals surface area contributed by atoms with E-state index < -0.39 is 12.1 Å². The average Bonchev–Trinajstić information content (AvgIpc) is 2.84. The van der Waals surface area contributed by atoms with Gasteiger partial charge in [0.15, 0.2) is 5.82 Å². The predicted octanol–water partition coefficient (Wildman–Crippen LogP) is 3.00. The molecule has 0 fully saturated rings. The first-order chi connectivity index (χ1) is 14.6. The Bertz CT molecular complexity index is 1210. The van der Waals surface area contributed by atoms with Crippen LogP contribution in [-0.4, -0.2) is 37.7 Å². The van der Waals surface area contributed by atoms with Crippen LogP contribution in [0.4, 0.5) is 13.2 Å². The van der Waals surface area contributed by atoms with Crippen molar-refractivity contribution in [3.05, 3.63) is 64.3 Å². The number of para-hydroxylation sites is 1. The van der Waals surface area contributed by atoms with Gasteiger partial charge in [0.05, 0.1) is 22.5 Å².